The molecule has 0 atom stereocenters. The third-order valence-electron chi connectivity index (χ3n) is 3.09. The maximum Gasteiger partial charge on any atom is 0.416 e. The minimum atomic E-state index is -4.38. The monoisotopic (exact) mass is 316 g/mol. The highest BCUT2D eigenvalue weighted by atomic mass is 19.4. The van der Waals surface area contributed by atoms with Crippen LogP contribution in [0.1, 0.15) is 11.1 Å². The van der Waals surface area contributed by atoms with Crippen molar-refractivity contribution in [2.24, 2.45) is 5.10 Å². The fraction of sp³-hybridized carbons (Fsp3) is 0.0625. The lowest BCUT2D eigenvalue weighted by molar-refractivity contribution is -0.137. The zero-order chi connectivity index (χ0) is 16.3. The van der Waals surface area contributed by atoms with Gasteiger partial charge in [0.25, 0.3) is 0 Å². The average molecular weight is 316 g/mol. The number of hydrogen-bond acceptors (Lipinski definition) is 4. The van der Waals surface area contributed by atoms with Crippen molar-refractivity contribution >= 4 is 22.9 Å². The van der Waals surface area contributed by atoms with E-state index in [1.165, 1.54) is 18.3 Å². The highest BCUT2D eigenvalue weighted by Gasteiger charge is 2.30. The fourth-order valence-corrected chi connectivity index (χ4v) is 2.01. The number of nitrogens with zero attached hydrogens (tertiary/aromatic N) is 3. The summed E-state index contributed by atoms with van der Waals surface area (Å²) < 4.78 is 37.9. The topological polar surface area (TPSA) is 50.2 Å². The molecule has 1 N–H and O–H groups in total. The minimum absolute atomic E-state index is 0.261. The molecule has 0 radical (unpaired) electrons. The Balaban J connectivity index is 1.75. The van der Waals surface area contributed by atoms with Crippen LogP contribution in [0.5, 0.6) is 0 Å². The van der Waals surface area contributed by atoms with E-state index in [2.05, 4.69) is 20.5 Å². The van der Waals surface area contributed by atoms with Gasteiger partial charge in [0.15, 0.2) is 0 Å². The summed E-state index contributed by atoms with van der Waals surface area (Å²) in [6.07, 6.45) is 0.322. The highest BCUT2D eigenvalue weighted by molar-refractivity contribution is 5.86. The fourth-order valence-electron chi connectivity index (χ4n) is 2.01. The predicted octanol–water partition coefficient (Wildman–Crippen LogP) is 4.09. The van der Waals surface area contributed by atoms with E-state index >= 15 is 0 Å². The van der Waals surface area contributed by atoms with Crippen molar-refractivity contribution in [3.8, 4) is 0 Å². The van der Waals surface area contributed by atoms with E-state index < -0.39 is 11.7 Å². The summed E-state index contributed by atoms with van der Waals surface area (Å²) in [5.41, 5.74) is 4.36. The summed E-state index contributed by atoms with van der Waals surface area (Å²) in [4.78, 5) is 8.33. The van der Waals surface area contributed by atoms with Crippen LogP contribution in [0.3, 0.4) is 0 Å². The number of nitrogens with one attached hydrogen (secondary N) is 1. The van der Waals surface area contributed by atoms with Crippen molar-refractivity contribution < 1.29 is 13.2 Å². The molecule has 0 unspecified atom stereocenters. The van der Waals surface area contributed by atoms with Crippen LogP contribution >= 0.6 is 0 Å². The number of fused-ring (bicyclic) bond motifs is 1. The first-order chi connectivity index (χ1) is 11.0. The number of anilines is 1. The lowest BCUT2D eigenvalue weighted by Gasteiger charge is -2.08. The first-order valence-corrected chi connectivity index (χ1v) is 6.69. The standard InChI is InChI=1S/C16H11F3N4/c17-16(18,19)12-2-1-3-13(9-12)23-22-10-11-4-5-14-15(8-11)21-7-6-20-14/h1-10,23H. The molecule has 1 heterocycles. The second kappa shape index (κ2) is 6.04. The average Bonchev–Trinajstić information content (AvgIpc) is 2.54. The summed E-state index contributed by atoms with van der Waals surface area (Å²) in [6, 6.07) is 10.2. The van der Waals surface area contributed by atoms with Crippen LogP contribution in [0.15, 0.2) is 60.0 Å². The molecule has 3 rings (SSSR count). The Bertz CT molecular complexity index is 859. The molecular weight excluding hydrogens is 305 g/mol. The van der Waals surface area contributed by atoms with E-state index in [9.17, 15) is 13.2 Å². The largest absolute Gasteiger partial charge is 0.416 e. The van der Waals surface area contributed by atoms with E-state index in [1.807, 2.05) is 0 Å². The molecule has 0 aliphatic rings. The molecule has 0 bridgehead atoms. The maximum absolute atomic E-state index is 12.6. The minimum Gasteiger partial charge on any atom is -0.278 e. The Labute approximate surface area is 129 Å². The van der Waals surface area contributed by atoms with Crippen LogP contribution in [0, 0.1) is 0 Å². The van der Waals surface area contributed by atoms with Crippen molar-refractivity contribution in [2.45, 2.75) is 6.18 Å². The second-order valence-electron chi connectivity index (χ2n) is 4.75. The lowest BCUT2D eigenvalue weighted by Crippen LogP contribution is -2.05. The lowest BCUT2D eigenvalue weighted by atomic mass is 10.2. The molecule has 3 aromatic rings. The van der Waals surface area contributed by atoms with Gasteiger partial charge in [0.2, 0.25) is 0 Å². The van der Waals surface area contributed by atoms with E-state index in [4.69, 9.17) is 0 Å². The van der Waals surface area contributed by atoms with Gasteiger partial charge in [-0.1, -0.05) is 12.1 Å². The third kappa shape index (κ3) is 3.63. The van der Waals surface area contributed by atoms with Crippen molar-refractivity contribution in [2.75, 3.05) is 5.43 Å². The Hall–Kier alpha value is -2.96. The number of hydrazone groups is 1. The first-order valence-electron chi connectivity index (χ1n) is 6.69. The molecule has 0 fully saturated rings. The van der Waals surface area contributed by atoms with E-state index in [0.29, 0.717) is 0 Å². The van der Waals surface area contributed by atoms with Crippen molar-refractivity contribution in [1.82, 2.24) is 9.97 Å². The van der Waals surface area contributed by atoms with Crippen LogP contribution in [0.2, 0.25) is 0 Å². The number of benzene rings is 2. The van der Waals surface area contributed by atoms with Crippen LogP contribution < -0.4 is 5.43 Å². The molecule has 4 nitrogen and oxygen atoms in total. The van der Waals surface area contributed by atoms with Gasteiger partial charge < -0.3 is 0 Å². The molecule has 1 aromatic heterocycles. The van der Waals surface area contributed by atoms with E-state index in [0.717, 1.165) is 28.7 Å². The smallest absolute Gasteiger partial charge is 0.278 e. The van der Waals surface area contributed by atoms with Gasteiger partial charge in [0.1, 0.15) is 0 Å². The number of hydrogen-bond donors (Lipinski definition) is 1. The Kier molecular flexibility index (Phi) is 3.92. The summed E-state index contributed by atoms with van der Waals surface area (Å²) in [7, 11) is 0. The van der Waals surface area contributed by atoms with Gasteiger partial charge in [-0.05, 0) is 35.9 Å². The molecular formula is C16H11F3N4. The van der Waals surface area contributed by atoms with Gasteiger partial charge in [-0.2, -0.15) is 18.3 Å². The molecule has 0 saturated carbocycles. The first kappa shape index (κ1) is 15.0. The molecule has 7 heteroatoms. The SMILES string of the molecule is FC(F)(F)c1cccc(NN=Cc2ccc3nccnc3c2)c1. The second-order valence-corrected chi connectivity index (χ2v) is 4.75. The molecule has 2 aromatic carbocycles. The molecule has 0 amide bonds. The van der Waals surface area contributed by atoms with Crippen LogP contribution in [-0.2, 0) is 6.18 Å². The normalized spacial score (nSPS) is 12.0. The van der Waals surface area contributed by atoms with Gasteiger partial charge in [-0.25, -0.2) is 0 Å². The van der Waals surface area contributed by atoms with Crippen LogP contribution in [-0.4, -0.2) is 16.2 Å². The molecule has 116 valence electrons. The maximum atomic E-state index is 12.6. The number of alkyl halides is 3. The predicted molar refractivity (Wildman–Crippen MR) is 82.2 cm³/mol. The summed E-state index contributed by atoms with van der Waals surface area (Å²) >= 11 is 0. The third-order valence-corrected chi connectivity index (χ3v) is 3.09. The molecule has 0 aliphatic heterocycles. The Morgan fingerprint density at radius 1 is 0.957 bits per heavy atom. The summed E-state index contributed by atoms with van der Waals surface area (Å²) in [6.45, 7) is 0. The number of rotatable bonds is 3. The molecule has 0 aliphatic carbocycles. The highest BCUT2D eigenvalue weighted by Crippen LogP contribution is 2.30. The Morgan fingerprint density at radius 3 is 2.52 bits per heavy atom. The molecule has 0 saturated heterocycles. The number of halogens is 3. The Morgan fingerprint density at radius 2 is 1.74 bits per heavy atom. The van der Waals surface area contributed by atoms with E-state index in [-0.39, 0.29) is 5.69 Å². The number of aromatic nitrogens is 2. The van der Waals surface area contributed by atoms with Gasteiger partial charge in [0.05, 0.1) is 28.5 Å². The molecule has 23 heavy (non-hydrogen) atoms. The molecule has 0 spiro atoms. The van der Waals surface area contributed by atoms with Gasteiger partial charge >= 0.3 is 6.18 Å². The van der Waals surface area contributed by atoms with Gasteiger partial charge in [-0.3, -0.25) is 15.4 Å². The zero-order valence-corrected chi connectivity index (χ0v) is 11.7. The van der Waals surface area contributed by atoms with Crippen LogP contribution in [0.25, 0.3) is 11.0 Å². The van der Waals surface area contributed by atoms with Gasteiger partial charge in [-0.15, -0.1) is 0 Å². The van der Waals surface area contributed by atoms with Crippen molar-refractivity contribution in [1.29, 1.82) is 0 Å². The zero-order valence-electron chi connectivity index (χ0n) is 11.7. The van der Waals surface area contributed by atoms with Crippen LogP contribution in [0.4, 0.5) is 18.9 Å². The summed E-state index contributed by atoms with van der Waals surface area (Å²) in [5, 5.41) is 3.95. The van der Waals surface area contributed by atoms with E-state index in [1.54, 1.807) is 30.6 Å². The van der Waals surface area contributed by atoms with Crippen molar-refractivity contribution in [3.63, 3.8) is 0 Å². The van der Waals surface area contributed by atoms with Crippen molar-refractivity contribution in [3.05, 3.63) is 66.0 Å². The summed E-state index contributed by atoms with van der Waals surface area (Å²) in [5.74, 6) is 0. The van der Waals surface area contributed by atoms with Gasteiger partial charge in [0, 0.05) is 12.4 Å². The quantitative estimate of drug-likeness (QED) is 0.585.